The molecule has 0 unspecified atom stereocenters. The summed E-state index contributed by atoms with van der Waals surface area (Å²) in [5, 5.41) is -0.299. The molecule has 0 aromatic carbocycles. The highest BCUT2D eigenvalue weighted by molar-refractivity contribution is 7.85. The Balaban J connectivity index is 2.25. The maximum Gasteiger partial charge on any atom is 0.210 e. The molecule has 0 amide bonds. The van der Waals surface area contributed by atoms with E-state index in [4.69, 9.17) is 8.83 Å². The summed E-state index contributed by atoms with van der Waals surface area (Å²) in [6.07, 6.45) is 3.26. The Hall–Kier alpha value is -1.36. The first-order valence-electron chi connectivity index (χ1n) is 6.21. The molecule has 5 heteroatoms. The molecule has 0 aliphatic heterocycles. The molecular formula is C14H19NO3S. The van der Waals surface area contributed by atoms with Crippen LogP contribution in [0.3, 0.4) is 0 Å². The third kappa shape index (κ3) is 2.81. The molecule has 0 spiro atoms. The van der Waals surface area contributed by atoms with Crippen LogP contribution < -0.4 is 0 Å². The van der Waals surface area contributed by atoms with Crippen LogP contribution in [0.15, 0.2) is 32.3 Å². The van der Waals surface area contributed by atoms with Crippen molar-refractivity contribution in [2.45, 2.75) is 50.2 Å². The van der Waals surface area contributed by atoms with E-state index < -0.39 is 10.8 Å². The first kappa shape index (κ1) is 14.1. The molecule has 0 saturated heterocycles. The summed E-state index contributed by atoms with van der Waals surface area (Å²) in [5.41, 5.74) is -0.0992. The standard InChI is InChI=1S/C14H19NO3S/c1-9-11(6-7-17-9)19(16)10(2)13-15-8-12(18-13)14(3,4)5/h6-8,10H,1-5H3/t10-,19-/m1/s1. The summed E-state index contributed by atoms with van der Waals surface area (Å²) in [6, 6.07) is 1.73. The molecular weight excluding hydrogens is 262 g/mol. The highest BCUT2D eigenvalue weighted by Gasteiger charge is 2.26. The molecule has 2 aromatic rings. The van der Waals surface area contributed by atoms with E-state index in [0.29, 0.717) is 16.5 Å². The quantitative estimate of drug-likeness (QED) is 0.860. The molecule has 0 fully saturated rings. The maximum atomic E-state index is 12.4. The lowest BCUT2D eigenvalue weighted by Gasteiger charge is -2.13. The summed E-state index contributed by atoms with van der Waals surface area (Å²) >= 11 is 0. The molecule has 2 heterocycles. The van der Waals surface area contributed by atoms with Gasteiger partial charge in [-0.25, -0.2) is 4.98 Å². The molecule has 2 atom stereocenters. The van der Waals surface area contributed by atoms with Crippen LogP contribution in [0.5, 0.6) is 0 Å². The zero-order valence-corrected chi connectivity index (χ0v) is 12.7. The summed E-state index contributed by atoms with van der Waals surface area (Å²) < 4.78 is 23.4. The molecule has 0 aliphatic rings. The van der Waals surface area contributed by atoms with Gasteiger partial charge in [0.15, 0.2) is 0 Å². The molecule has 0 saturated carbocycles. The molecule has 4 nitrogen and oxygen atoms in total. The van der Waals surface area contributed by atoms with Crippen molar-refractivity contribution >= 4 is 10.8 Å². The Bertz CT molecular complexity index is 592. The van der Waals surface area contributed by atoms with Crippen molar-refractivity contribution in [3.8, 4) is 0 Å². The van der Waals surface area contributed by atoms with E-state index in [0.717, 1.165) is 5.76 Å². The third-order valence-electron chi connectivity index (χ3n) is 2.96. The van der Waals surface area contributed by atoms with Gasteiger partial charge in [-0.1, -0.05) is 20.8 Å². The van der Waals surface area contributed by atoms with Crippen molar-refractivity contribution in [1.29, 1.82) is 0 Å². The minimum atomic E-state index is -1.22. The number of rotatable bonds is 3. The summed E-state index contributed by atoms with van der Waals surface area (Å²) in [5.74, 6) is 1.98. The highest BCUT2D eigenvalue weighted by Crippen LogP contribution is 2.30. The van der Waals surface area contributed by atoms with E-state index in [1.807, 2.05) is 6.92 Å². The highest BCUT2D eigenvalue weighted by atomic mass is 32.2. The van der Waals surface area contributed by atoms with E-state index >= 15 is 0 Å². The number of furan rings is 1. The molecule has 0 radical (unpaired) electrons. The maximum absolute atomic E-state index is 12.4. The molecule has 0 N–H and O–H groups in total. The smallest absolute Gasteiger partial charge is 0.210 e. The monoisotopic (exact) mass is 281 g/mol. The first-order chi connectivity index (χ1) is 8.80. The zero-order chi connectivity index (χ0) is 14.2. The Labute approximate surface area is 115 Å². The minimum absolute atomic E-state index is 0.0992. The fourth-order valence-electron chi connectivity index (χ4n) is 1.69. The van der Waals surface area contributed by atoms with Crippen molar-refractivity contribution < 1.29 is 13.0 Å². The van der Waals surface area contributed by atoms with Crippen molar-refractivity contribution in [2.24, 2.45) is 0 Å². The van der Waals surface area contributed by atoms with Crippen LogP contribution in [-0.2, 0) is 16.2 Å². The topological polar surface area (TPSA) is 56.2 Å². The summed E-state index contributed by atoms with van der Waals surface area (Å²) in [6.45, 7) is 9.81. The number of nitrogens with zero attached hydrogens (tertiary/aromatic N) is 1. The lowest BCUT2D eigenvalue weighted by atomic mass is 9.94. The van der Waals surface area contributed by atoms with Gasteiger partial charge >= 0.3 is 0 Å². The molecule has 0 bridgehead atoms. The van der Waals surface area contributed by atoms with Crippen molar-refractivity contribution in [3.05, 3.63) is 35.9 Å². The second kappa shape index (κ2) is 4.96. The second-order valence-corrected chi connectivity index (χ2v) is 7.34. The number of hydrogen-bond acceptors (Lipinski definition) is 4. The van der Waals surface area contributed by atoms with Crippen molar-refractivity contribution in [1.82, 2.24) is 4.98 Å². The van der Waals surface area contributed by atoms with E-state index in [9.17, 15) is 4.21 Å². The van der Waals surface area contributed by atoms with Crippen molar-refractivity contribution in [3.63, 3.8) is 0 Å². The van der Waals surface area contributed by atoms with Gasteiger partial charge in [-0.2, -0.15) is 0 Å². The Kier molecular flexibility index (Phi) is 3.67. The largest absolute Gasteiger partial charge is 0.468 e. The Morgan fingerprint density at radius 3 is 2.53 bits per heavy atom. The molecule has 104 valence electrons. The zero-order valence-electron chi connectivity index (χ0n) is 11.9. The van der Waals surface area contributed by atoms with Gasteiger partial charge in [0.1, 0.15) is 16.8 Å². The van der Waals surface area contributed by atoms with Gasteiger partial charge in [0.2, 0.25) is 5.89 Å². The normalized spacial score (nSPS) is 15.4. The SMILES string of the molecule is Cc1occc1[S@](=O)[C@H](C)c1ncc(C(C)(C)C)o1. The van der Waals surface area contributed by atoms with Gasteiger partial charge in [0.05, 0.1) is 28.2 Å². The van der Waals surface area contributed by atoms with Gasteiger partial charge < -0.3 is 8.83 Å². The van der Waals surface area contributed by atoms with Crippen LogP contribution in [0.25, 0.3) is 0 Å². The number of aryl methyl sites for hydroxylation is 1. The van der Waals surface area contributed by atoms with Crippen LogP contribution >= 0.6 is 0 Å². The van der Waals surface area contributed by atoms with Gasteiger partial charge in [-0.05, 0) is 19.9 Å². The van der Waals surface area contributed by atoms with Crippen LogP contribution in [0, 0.1) is 6.92 Å². The fraction of sp³-hybridized carbons (Fsp3) is 0.500. The predicted molar refractivity (Wildman–Crippen MR) is 73.5 cm³/mol. The average molecular weight is 281 g/mol. The average Bonchev–Trinajstić information content (AvgIpc) is 2.94. The summed E-state index contributed by atoms with van der Waals surface area (Å²) in [7, 11) is -1.22. The van der Waals surface area contributed by atoms with Crippen LogP contribution in [0.1, 0.15) is 50.4 Å². The lowest BCUT2D eigenvalue weighted by molar-refractivity contribution is 0.382. The van der Waals surface area contributed by atoms with Gasteiger partial charge in [-0.3, -0.25) is 4.21 Å². The van der Waals surface area contributed by atoms with Crippen LogP contribution in [-0.4, -0.2) is 9.19 Å². The lowest BCUT2D eigenvalue weighted by Crippen LogP contribution is -2.09. The first-order valence-corrected chi connectivity index (χ1v) is 7.43. The van der Waals surface area contributed by atoms with Crippen LogP contribution in [0.2, 0.25) is 0 Å². The van der Waals surface area contributed by atoms with Gasteiger partial charge in [0, 0.05) is 5.41 Å². The number of aromatic nitrogens is 1. The van der Waals surface area contributed by atoms with E-state index in [-0.39, 0.29) is 10.7 Å². The van der Waals surface area contributed by atoms with E-state index in [2.05, 4.69) is 25.8 Å². The minimum Gasteiger partial charge on any atom is -0.468 e. The van der Waals surface area contributed by atoms with E-state index in [1.165, 1.54) is 0 Å². The fourth-order valence-corrected chi connectivity index (χ4v) is 2.88. The number of oxazole rings is 1. The molecule has 2 rings (SSSR count). The second-order valence-electron chi connectivity index (χ2n) is 5.59. The third-order valence-corrected chi connectivity index (χ3v) is 4.66. The number of hydrogen-bond donors (Lipinski definition) is 0. The van der Waals surface area contributed by atoms with E-state index in [1.54, 1.807) is 25.5 Å². The molecule has 19 heavy (non-hydrogen) atoms. The Morgan fingerprint density at radius 2 is 2.05 bits per heavy atom. The molecule has 2 aromatic heterocycles. The van der Waals surface area contributed by atoms with Gasteiger partial charge in [0.25, 0.3) is 0 Å². The Morgan fingerprint density at radius 1 is 1.37 bits per heavy atom. The van der Waals surface area contributed by atoms with Crippen LogP contribution in [0.4, 0.5) is 0 Å². The predicted octanol–water partition coefficient (Wildman–Crippen LogP) is 3.74. The van der Waals surface area contributed by atoms with Gasteiger partial charge in [-0.15, -0.1) is 0 Å². The summed E-state index contributed by atoms with van der Waals surface area (Å²) in [4.78, 5) is 4.95. The van der Waals surface area contributed by atoms with Crippen molar-refractivity contribution in [2.75, 3.05) is 0 Å². The molecule has 0 aliphatic carbocycles.